The first-order valence-corrected chi connectivity index (χ1v) is 6.47. The minimum atomic E-state index is -4.52. The largest absolute Gasteiger partial charge is 0.489 e. The van der Waals surface area contributed by atoms with E-state index >= 15 is 0 Å². The van der Waals surface area contributed by atoms with Gasteiger partial charge in [-0.2, -0.15) is 13.2 Å². The molecule has 0 aliphatic rings. The molecule has 0 aliphatic heterocycles. The lowest BCUT2D eigenvalue weighted by Crippen LogP contribution is -2.21. The first-order valence-electron chi connectivity index (χ1n) is 6.03. The Hall–Kier alpha value is -1.47. The van der Waals surface area contributed by atoms with Crippen LogP contribution < -0.4 is 10.1 Å². The number of nitrogens with one attached hydrogen (secondary N) is 1. The monoisotopic (exact) mass is 325 g/mol. The van der Waals surface area contributed by atoms with Crippen molar-refractivity contribution in [1.29, 1.82) is 0 Å². The second-order valence-corrected chi connectivity index (χ2v) is 4.81. The molecule has 0 radical (unpaired) electrons. The smallest absolute Gasteiger partial charge is 0.416 e. The average molecular weight is 326 g/mol. The number of carbonyl (C=O) groups is 1. The molecule has 4 nitrogen and oxygen atoms in total. The van der Waals surface area contributed by atoms with E-state index < -0.39 is 23.0 Å². The number of benzene rings is 1. The third kappa shape index (κ3) is 5.43. The fourth-order valence-corrected chi connectivity index (χ4v) is 1.45. The summed E-state index contributed by atoms with van der Waals surface area (Å²) in [6.45, 7) is 1.82. The summed E-state index contributed by atoms with van der Waals surface area (Å²) in [4.78, 5) is 11.6. The van der Waals surface area contributed by atoms with Crippen LogP contribution in [-0.4, -0.2) is 31.6 Å². The first-order chi connectivity index (χ1) is 9.75. The van der Waals surface area contributed by atoms with E-state index in [9.17, 15) is 18.0 Å². The SMILES string of the molecule is COCCOc1ccc(C(F)(F)F)cc1NC(=O)[C@@H](C)Cl. The van der Waals surface area contributed by atoms with Gasteiger partial charge in [0.15, 0.2) is 0 Å². The number of halogens is 4. The molecule has 0 saturated heterocycles. The molecule has 0 spiro atoms. The van der Waals surface area contributed by atoms with Gasteiger partial charge in [0.05, 0.1) is 17.9 Å². The first kappa shape index (κ1) is 17.6. The highest BCUT2D eigenvalue weighted by Crippen LogP contribution is 2.35. The molecule has 0 unspecified atom stereocenters. The van der Waals surface area contributed by atoms with Crippen molar-refractivity contribution in [2.75, 3.05) is 25.6 Å². The van der Waals surface area contributed by atoms with Crippen LogP contribution in [0.2, 0.25) is 0 Å². The summed E-state index contributed by atoms with van der Waals surface area (Å²) < 4.78 is 48.2. The Morgan fingerprint density at radius 3 is 2.57 bits per heavy atom. The lowest BCUT2D eigenvalue weighted by molar-refractivity contribution is -0.137. The zero-order valence-electron chi connectivity index (χ0n) is 11.5. The quantitative estimate of drug-likeness (QED) is 0.645. The van der Waals surface area contributed by atoms with Crippen LogP contribution in [0, 0.1) is 0 Å². The van der Waals surface area contributed by atoms with Gasteiger partial charge in [0.2, 0.25) is 5.91 Å². The van der Waals surface area contributed by atoms with Gasteiger partial charge in [0, 0.05) is 7.11 Å². The van der Waals surface area contributed by atoms with Gasteiger partial charge in [-0.05, 0) is 25.1 Å². The lowest BCUT2D eigenvalue weighted by atomic mass is 10.1. The zero-order chi connectivity index (χ0) is 16.0. The summed E-state index contributed by atoms with van der Waals surface area (Å²) in [5.74, 6) is -0.502. The Balaban J connectivity index is 3.03. The highest BCUT2D eigenvalue weighted by atomic mass is 35.5. The van der Waals surface area contributed by atoms with Gasteiger partial charge < -0.3 is 14.8 Å². The normalized spacial score (nSPS) is 12.9. The third-order valence-electron chi connectivity index (χ3n) is 2.47. The van der Waals surface area contributed by atoms with Gasteiger partial charge in [-0.1, -0.05) is 0 Å². The lowest BCUT2D eigenvalue weighted by Gasteiger charge is -2.15. The molecule has 0 heterocycles. The maximum absolute atomic E-state index is 12.7. The van der Waals surface area contributed by atoms with E-state index in [1.165, 1.54) is 14.0 Å². The van der Waals surface area contributed by atoms with E-state index in [0.29, 0.717) is 0 Å². The second-order valence-electron chi connectivity index (χ2n) is 4.16. The molecule has 0 bridgehead atoms. The van der Waals surface area contributed by atoms with E-state index in [1.54, 1.807) is 0 Å². The molecule has 21 heavy (non-hydrogen) atoms. The fraction of sp³-hybridized carbons (Fsp3) is 0.462. The minimum absolute atomic E-state index is 0.0848. The van der Waals surface area contributed by atoms with Crippen LogP contribution in [0.15, 0.2) is 18.2 Å². The van der Waals surface area contributed by atoms with Gasteiger partial charge in [0.25, 0.3) is 0 Å². The van der Waals surface area contributed by atoms with Gasteiger partial charge in [-0.3, -0.25) is 4.79 Å². The van der Waals surface area contributed by atoms with Crippen LogP contribution in [-0.2, 0) is 15.7 Å². The third-order valence-corrected chi connectivity index (χ3v) is 2.67. The number of methoxy groups -OCH3 is 1. The molecule has 0 saturated carbocycles. The molecular weight excluding hydrogens is 311 g/mol. The maximum Gasteiger partial charge on any atom is 0.416 e. The van der Waals surface area contributed by atoms with Crippen molar-refractivity contribution < 1.29 is 27.4 Å². The zero-order valence-corrected chi connectivity index (χ0v) is 12.2. The summed E-state index contributed by atoms with van der Waals surface area (Å²) >= 11 is 5.59. The number of ether oxygens (including phenoxy) is 2. The van der Waals surface area contributed by atoms with Crippen molar-refractivity contribution in [3.63, 3.8) is 0 Å². The van der Waals surface area contributed by atoms with Crippen LogP contribution in [0.5, 0.6) is 5.75 Å². The number of hydrogen-bond donors (Lipinski definition) is 1. The predicted molar refractivity (Wildman–Crippen MR) is 72.8 cm³/mol. The Bertz CT molecular complexity index is 492. The molecular formula is C13H15ClF3NO3. The van der Waals surface area contributed by atoms with Crippen molar-refractivity contribution in [3.8, 4) is 5.75 Å². The van der Waals surface area contributed by atoms with Gasteiger partial charge >= 0.3 is 6.18 Å². The fourth-order valence-electron chi connectivity index (χ4n) is 1.40. The number of rotatable bonds is 6. The number of amides is 1. The average Bonchev–Trinajstić information content (AvgIpc) is 2.39. The van der Waals surface area contributed by atoms with Crippen LogP contribution in [0.4, 0.5) is 18.9 Å². The topological polar surface area (TPSA) is 47.6 Å². The molecule has 1 amide bonds. The van der Waals surface area contributed by atoms with Gasteiger partial charge in [0.1, 0.15) is 17.7 Å². The predicted octanol–water partition coefficient (Wildman–Crippen LogP) is 3.30. The Kier molecular flexibility index (Phi) is 6.29. The molecule has 0 aliphatic carbocycles. The van der Waals surface area contributed by atoms with Crippen LogP contribution >= 0.6 is 11.6 Å². The number of hydrogen-bond acceptors (Lipinski definition) is 3. The summed E-state index contributed by atoms with van der Waals surface area (Å²) in [6, 6.07) is 2.83. The van der Waals surface area contributed by atoms with Crippen LogP contribution in [0.1, 0.15) is 12.5 Å². The molecule has 1 atom stereocenters. The highest BCUT2D eigenvalue weighted by molar-refractivity contribution is 6.32. The molecule has 1 N–H and O–H groups in total. The van der Waals surface area contributed by atoms with E-state index in [0.717, 1.165) is 18.2 Å². The summed E-state index contributed by atoms with van der Waals surface area (Å²) in [5, 5.41) is 1.43. The van der Waals surface area contributed by atoms with Crippen molar-refractivity contribution in [3.05, 3.63) is 23.8 Å². The number of carbonyl (C=O) groups excluding carboxylic acids is 1. The van der Waals surface area contributed by atoms with E-state index in [-0.39, 0.29) is 24.7 Å². The van der Waals surface area contributed by atoms with Gasteiger partial charge in [-0.25, -0.2) is 0 Å². The van der Waals surface area contributed by atoms with Crippen molar-refractivity contribution in [1.82, 2.24) is 0 Å². The Morgan fingerprint density at radius 2 is 2.05 bits per heavy atom. The summed E-state index contributed by atoms with van der Waals surface area (Å²) in [6.07, 6.45) is -4.52. The molecule has 1 aromatic carbocycles. The van der Waals surface area contributed by atoms with Crippen molar-refractivity contribution in [2.45, 2.75) is 18.5 Å². The Labute approximate surface area is 125 Å². The molecule has 0 fully saturated rings. The molecule has 8 heteroatoms. The van der Waals surface area contributed by atoms with E-state index in [2.05, 4.69) is 5.32 Å². The van der Waals surface area contributed by atoms with Crippen LogP contribution in [0.3, 0.4) is 0 Å². The number of anilines is 1. The maximum atomic E-state index is 12.7. The minimum Gasteiger partial charge on any atom is -0.489 e. The van der Waals surface area contributed by atoms with E-state index in [4.69, 9.17) is 21.1 Å². The summed E-state index contributed by atoms with van der Waals surface area (Å²) in [5.41, 5.74) is -0.974. The van der Waals surface area contributed by atoms with E-state index in [1.807, 2.05) is 0 Å². The molecule has 118 valence electrons. The van der Waals surface area contributed by atoms with Gasteiger partial charge in [-0.15, -0.1) is 11.6 Å². The standard InChI is InChI=1S/C13H15ClF3NO3/c1-8(14)12(19)18-10-7-9(13(15,16)17)3-4-11(10)21-6-5-20-2/h3-4,7-8H,5-6H2,1-2H3,(H,18,19)/t8-/m1/s1. The summed E-state index contributed by atoms with van der Waals surface area (Å²) in [7, 11) is 1.47. The molecule has 0 aromatic heterocycles. The molecule has 1 aromatic rings. The van der Waals surface area contributed by atoms with Crippen molar-refractivity contribution >= 4 is 23.2 Å². The van der Waals surface area contributed by atoms with Crippen molar-refractivity contribution in [2.24, 2.45) is 0 Å². The number of alkyl halides is 4. The Morgan fingerprint density at radius 1 is 1.38 bits per heavy atom. The molecule has 1 rings (SSSR count). The second kappa shape index (κ2) is 7.51. The van der Waals surface area contributed by atoms with Crippen LogP contribution in [0.25, 0.3) is 0 Å². The highest BCUT2D eigenvalue weighted by Gasteiger charge is 2.31.